The van der Waals surface area contributed by atoms with E-state index >= 15 is 0 Å². The number of hydrogen-bond acceptors (Lipinski definition) is 3. The van der Waals surface area contributed by atoms with Crippen LogP contribution in [-0.2, 0) is 13.6 Å². The molecule has 1 N–H and O–H groups in total. The summed E-state index contributed by atoms with van der Waals surface area (Å²) in [7, 11) is 2.08. The third kappa shape index (κ3) is 3.35. The van der Waals surface area contributed by atoms with E-state index in [-0.39, 0.29) is 0 Å². The third-order valence-corrected chi connectivity index (χ3v) is 4.40. The summed E-state index contributed by atoms with van der Waals surface area (Å²) >= 11 is 0. The highest BCUT2D eigenvalue weighted by Gasteiger charge is 2.24. The number of anilines is 1. The molecule has 0 aliphatic carbocycles. The van der Waals surface area contributed by atoms with Gasteiger partial charge in [0.1, 0.15) is 5.82 Å². The highest BCUT2D eigenvalue weighted by atomic mass is 15.4. The quantitative estimate of drug-likeness (QED) is 0.899. The topological polar surface area (TPSA) is 33.1 Å². The van der Waals surface area contributed by atoms with E-state index < -0.39 is 0 Å². The number of nitrogens with zero attached hydrogens (tertiary/aromatic N) is 3. The van der Waals surface area contributed by atoms with Crippen molar-refractivity contribution in [3.8, 4) is 0 Å². The molecule has 114 valence electrons. The van der Waals surface area contributed by atoms with E-state index in [0.29, 0.717) is 6.04 Å². The average Bonchev–Trinajstić information content (AvgIpc) is 2.70. The highest BCUT2D eigenvalue weighted by molar-refractivity contribution is 5.50. The molecule has 0 aromatic carbocycles. The minimum atomic E-state index is 0.507. The Kier molecular flexibility index (Phi) is 5.08. The molecule has 1 atom stereocenters. The van der Waals surface area contributed by atoms with Crippen LogP contribution < -0.4 is 10.2 Å². The van der Waals surface area contributed by atoms with E-state index in [9.17, 15) is 0 Å². The molecule has 0 spiro atoms. The minimum Gasteiger partial charge on any atom is -0.356 e. The lowest BCUT2D eigenvalue weighted by Gasteiger charge is -2.34. The maximum Gasteiger partial charge on any atom is 0.131 e. The normalized spacial score (nSPS) is 19.9. The van der Waals surface area contributed by atoms with Gasteiger partial charge in [-0.15, -0.1) is 0 Å². The van der Waals surface area contributed by atoms with Crippen molar-refractivity contribution in [2.75, 3.05) is 18.0 Å². The van der Waals surface area contributed by atoms with Crippen molar-refractivity contribution in [3.63, 3.8) is 0 Å². The van der Waals surface area contributed by atoms with Crippen LogP contribution in [0.3, 0.4) is 0 Å². The molecule has 1 saturated heterocycles. The van der Waals surface area contributed by atoms with Crippen molar-refractivity contribution in [1.29, 1.82) is 0 Å². The highest BCUT2D eigenvalue weighted by Crippen LogP contribution is 2.29. The molecule has 1 aromatic heterocycles. The third-order valence-electron chi connectivity index (χ3n) is 4.40. The van der Waals surface area contributed by atoms with Crippen molar-refractivity contribution < 1.29 is 0 Å². The van der Waals surface area contributed by atoms with Gasteiger partial charge in [0.25, 0.3) is 0 Å². The summed E-state index contributed by atoms with van der Waals surface area (Å²) in [5, 5.41) is 8.19. The molecule has 4 nitrogen and oxygen atoms in total. The van der Waals surface area contributed by atoms with Crippen molar-refractivity contribution in [2.24, 2.45) is 13.0 Å². The zero-order valence-corrected chi connectivity index (χ0v) is 13.7. The maximum atomic E-state index is 4.65. The Morgan fingerprint density at radius 3 is 2.80 bits per heavy atom. The van der Waals surface area contributed by atoms with Gasteiger partial charge in [0, 0.05) is 38.3 Å². The molecule has 20 heavy (non-hydrogen) atoms. The standard InChI is InChI=1S/C16H30N4/c1-6-14-8-7-9-20(11-14)16-15(10-17-12(2)3)13(4)18-19(16)5/h12,14,17H,6-11H2,1-5H3. The number of rotatable bonds is 5. The summed E-state index contributed by atoms with van der Waals surface area (Å²) in [6, 6.07) is 0.507. The molecular formula is C16H30N4. The number of piperidine rings is 1. The molecular weight excluding hydrogens is 248 g/mol. The second-order valence-corrected chi connectivity index (χ2v) is 6.41. The fourth-order valence-corrected chi connectivity index (χ4v) is 3.19. The lowest BCUT2D eigenvalue weighted by atomic mass is 9.95. The molecule has 1 aromatic rings. The number of nitrogens with one attached hydrogen (secondary N) is 1. The first-order valence-corrected chi connectivity index (χ1v) is 8.03. The van der Waals surface area contributed by atoms with Crippen LogP contribution in [-0.4, -0.2) is 28.9 Å². The van der Waals surface area contributed by atoms with Gasteiger partial charge in [-0.1, -0.05) is 27.2 Å². The van der Waals surface area contributed by atoms with E-state index in [0.717, 1.165) is 18.2 Å². The number of aryl methyl sites for hydroxylation is 2. The average molecular weight is 278 g/mol. The fourth-order valence-electron chi connectivity index (χ4n) is 3.19. The van der Waals surface area contributed by atoms with E-state index in [1.165, 1.54) is 43.7 Å². The van der Waals surface area contributed by atoms with E-state index in [1.54, 1.807) is 0 Å². The minimum absolute atomic E-state index is 0.507. The molecule has 1 unspecified atom stereocenters. The Morgan fingerprint density at radius 1 is 1.40 bits per heavy atom. The van der Waals surface area contributed by atoms with E-state index in [4.69, 9.17) is 0 Å². The summed E-state index contributed by atoms with van der Waals surface area (Å²) in [6.45, 7) is 12.1. The first kappa shape index (κ1) is 15.4. The summed E-state index contributed by atoms with van der Waals surface area (Å²) < 4.78 is 2.07. The molecule has 0 amide bonds. The zero-order valence-electron chi connectivity index (χ0n) is 13.7. The van der Waals surface area contributed by atoms with Gasteiger partial charge in [0.05, 0.1) is 5.69 Å². The molecule has 0 bridgehead atoms. The second-order valence-electron chi connectivity index (χ2n) is 6.41. The summed E-state index contributed by atoms with van der Waals surface area (Å²) in [4.78, 5) is 2.55. The Labute approximate surface area is 123 Å². The van der Waals surface area contributed by atoms with Gasteiger partial charge in [0.2, 0.25) is 0 Å². The first-order valence-electron chi connectivity index (χ1n) is 8.03. The van der Waals surface area contributed by atoms with Gasteiger partial charge < -0.3 is 10.2 Å². The van der Waals surface area contributed by atoms with Crippen LogP contribution in [0.1, 0.15) is 51.3 Å². The zero-order chi connectivity index (χ0) is 14.7. The molecule has 0 saturated carbocycles. The maximum absolute atomic E-state index is 4.65. The largest absolute Gasteiger partial charge is 0.356 e. The molecule has 1 fully saturated rings. The number of hydrogen-bond donors (Lipinski definition) is 1. The second kappa shape index (κ2) is 6.61. The van der Waals surface area contributed by atoms with Crippen LogP contribution in [0.4, 0.5) is 5.82 Å². The summed E-state index contributed by atoms with van der Waals surface area (Å²) in [5.41, 5.74) is 2.53. The molecule has 2 heterocycles. The molecule has 4 heteroatoms. The lowest BCUT2D eigenvalue weighted by molar-refractivity contribution is 0.399. The lowest BCUT2D eigenvalue weighted by Crippen LogP contribution is -2.37. The van der Waals surface area contributed by atoms with Gasteiger partial charge >= 0.3 is 0 Å². The Hall–Kier alpha value is -1.03. The smallest absolute Gasteiger partial charge is 0.131 e. The van der Waals surface area contributed by atoms with E-state index in [1.807, 2.05) is 0 Å². The van der Waals surface area contributed by atoms with Crippen LogP contribution >= 0.6 is 0 Å². The van der Waals surface area contributed by atoms with Gasteiger partial charge in [-0.2, -0.15) is 5.10 Å². The Balaban J connectivity index is 2.21. The van der Waals surface area contributed by atoms with Crippen LogP contribution in [0.15, 0.2) is 0 Å². The monoisotopic (exact) mass is 278 g/mol. The van der Waals surface area contributed by atoms with Gasteiger partial charge in [-0.3, -0.25) is 4.68 Å². The van der Waals surface area contributed by atoms with Crippen molar-refractivity contribution >= 4 is 5.82 Å². The Bertz CT molecular complexity index is 436. The predicted octanol–water partition coefficient (Wildman–Crippen LogP) is 2.85. The van der Waals surface area contributed by atoms with Crippen LogP contribution in [0, 0.1) is 12.8 Å². The molecule has 1 aliphatic rings. The summed E-state index contributed by atoms with van der Waals surface area (Å²) in [5.74, 6) is 2.17. The van der Waals surface area contributed by atoms with Crippen molar-refractivity contribution in [1.82, 2.24) is 15.1 Å². The van der Waals surface area contributed by atoms with Crippen molar-refractivity contribution in [2.45, 2.75) is 59.5 Å². The van der Waals surface area contributed by atoms with Crippen LogP contribution in [0.25, 0.3) is 0 Å². The summed E-state index contributed by atoms with van der Waals surface area (Å²) in [6.07, 6.45) is 3.97. The molecule has 2 rings (SSSR count). The van der Waals surface area contributed by atoms with Crippen LogP contribution in [0.2, 0.25) is 0 Å². The van der Waals surface area contributed by atoms with Gasteiger partial charge in [0.15, 0.2) is 0 Å². The van der Waals surface area contributed by atoms with Gasteiger partial charge in [-0.25, -0.2) is 0 Å². The first-order chi connectivity index (χ1) is 9.52. The molecule has 0 radical (unpaired) electrons. The van der Waals surface area contributed by atoms with Gasteiger partial charge in [-0.05, 0) is 25.7 Å². The fraction of sp³-hybridized carbons (Fsp3) is 0.812. The van der Waals surface area contributed by atoms with Crippen molar-refractivity contribution in [3.05, 3.63) is 11.3 Å². The SMILES string of the molecule is CCC1CCCN(c2c(CNC(C)C)c(C)nn2C)C1. The molecule has 1 aliphatic heterocycles. The number of aromatic nitrogens is 2. The Morgan fingerprint density at radius 2 is 2.15 bits per heavy atom. The van der Waals surface area contributed by atoms with E-state index in [2.05, 4.69) is 54.7 Å². The predicted molar refractivity (Wildman–Crippen MR) is 85.1 cm³/mol. The van der Waals surface area contributed by atoms with Crippen LogP contribution in [0.5, 0.6) is 0 Å².